The van der Waals surface area contributed by atoms with Gasteiger partial charge in [0.1, 0.15) is 13.2 Å². The molecular weight excluding hydrogens is 697 g/mol. The second kappa shape index (κ2) is 45.8. The first kappa shape index (κ1) is 54.2. The topological polar surface area (TPSA) is 78.9 Å². The molecule has 0 unspecified atom stereocenters. The summed E-state index contributed by atoms with van der Waals surface area (Å²) in [6, 6.07) is 0. The molecule has 330 valence electrons. The van der Waals surface area contributed by atoms with E-state index in [9.17, 15) is 14.4 Å². The lowest BCUT2D eigenvalue weighted by Crippen LogP contribution is -2.30. The molecule has 0 aromatic heterocycles. The molecule has 0 N–H and O–H groups in total. The summed E-state index contributed by atoms with van der Waals surface area (Å²) in [7, 11) is 0. The van der Waals surface area contributed by atoms with E-state index in [2.05, 4.69) is 32.9 Å². The van der Waals surface area contributed by atoms with Crippen molar-refractivity contribution in [2.45, 2.75) is 277 Å². The number of unbranched alkanes of at least 4 members (excludes halogenated alkanes) is 32. The van der Waals surface area contributed by atoms with Crippen molar-refractivity contribution in [1.29, 1.82) is 0 Å². The highest BCUT2D eigenvalue weighted by Crippen LogP contribution is 2.16. The van der Waals surface area contributed by atoms with E-state index < -0.39 is 6.10 Å². The monoisotopic (exact) mass is 791 g/mol. The summed E-state index contributed by atoms with van der Waals surface area (Å²) in [6.45, 7) is 6.63. The maximum atomic E-state index is 12.7. The van der Waals surface area contributed by atoms with Crippen molar-refractivity contribution in [2.75, 3.05) is 13.2 Å². The van der Waals surface area contributed by atoms with E-state index in [1.807, 2.05) is 0 Å². The Hall–Kier alpha value is -1.85. The number of carbonyl (C=O) groups is 3. The van der Waals surface area contributed by atoms with Crippen molar-refractivity contribution in [1.82, 2.24) is 0 Å². The van der Waals surface area contributed by atoms with Gasteiger partial charge in [-0.1, -0.05) is 219 Å². The number of ether oxygens (including phenoxy) is 3. The average molecular weight is 791 g/mol. The molecule has 1 atom stereocenters. The Morgan fingerprint density at radius 2 is 0.589 bits per heavy atom. The Morgan fingerprint density at radius 3 is 0.893 bits per heavy atom. The zero-order valence-electron chi connectivity index (χ0n) is 37.7. The molecule has 0 amide bonds. The van der Waals surface area contributed by atoms with Crippen molar-refractivity contribution >= 4 is 17.9 Å². The minimum absolute atomic E-state index is 0.0678. The maximum Gasteiger partial charge on any atom is 0.306 e. The molecule has 6 heteroatoms. The van der Waals surface area contributed by atoms with Gasteiger partial charge in [0, 0.05) is 19.3 Å². The molecule has 0 rings (SSSR count). The predicted octanol–water partition coefficient (Wildman–Crippen LogP) is 15.8. The van der Waals surface area contributed by atoms with Crippen LogP contribution >= 0.6 is 0 Å². The van der Waals surface area contributed by atoms with Crippen LogP contribution in [0.5, 0.6) is 0 Å². The molecule has 0 aromatic carbocycles. The summed E-state index contributed by atoms with van der Waals surface area (Å²) in [5, 5.41) is 0. The van der Waals surface area contributed by atoms with Crippen molar-refractivity contribution in [3.63, 3.8) is 0 Å². The van der Waals surface area contributed by atoms with Gasteiger partial charge in [0.2, 0.25) is 0 Å². The maximum absolute atomic E-state index is 12.7. The first-order chi connectivity index (χ1) is 27.5. The molecule has 0 fully saturated rings. The summed E-state index contributed by atoms with van der Waals surface area (Å²) < 4.78 is 16.7. The van der Waals surface area contributed by atoms with Gasteiger partial charge in [-0.05, 0) is 44.9 Å². The number of hydrogen-bond donors (Lipinski definition) is 0. The standard InChI is InChI=1S/C50H94O6/c1-4-7-10-13-16-19-22-24-26-28-31-34-37-40-43-49(52)55-46-47(45-54-48(51)42-39-36-33-30-21-18-15-12-9-6-3)56-50(53)44-41-38-35-32-29-27-25-23-20-17-14-11-8-5-2/h22,24,47H,4-21,23,25-46H2,1-3H3/b24-22-/t47-/m1/s1. The minimum Gasteiger partial charge on any atom is -0.462 e. The quantitative estimate of drug-likeness (QED) is 0.0264. The molecule has 0 aromatic rings. The molecule has 6 nitrogen and oxygen atoms in total. The fourth-order valence-corrected chi connectivity index (χ4v) is 7.26. The summed E-state index contributed by atoms with van der Waals surface area (Å²) in [5.74, 6) is -0.865. The van der Waals surface area contributed by atoms with Crippen LogP contribution in [0.15, 0.2) is 12.2 Å². The van der Waals surface area contributed by atoms with Gasteiger partial charge in [-0.15, -0.1) is 0 Å². The summed E-state index contributed by atoms with van der Waals surface area (Å²) in [4.78, 5) is 37.8. The fraction of sp³-hybridized carbons (Fsp3) is 0.900. The van der Waals surface area contributed by atoms with Crippen molar-refractivity contribution in [2.24, 2.45) is 0 Å². The average Bonchev–Trinajstić information content (AvgIpc) is 3.19. The third-order valence-corrected chi connectivity index (χ3v) is 11.0. The number of carbonyl (C=O) groups excluding carboxylic acids is 3. The van der Waals surface area contributed by atoms with Crippen LogP contribution in [-0.4, -0.2) is 37.2 Å². The van der Waals surface area contributed by atoms with Crippen LogP contribution < -0.4 is 0 Å². The Morgan fingerprint density at radius 1 is 0.339 bits per heavy atom. The van der Waals surface area contributed by atoms with E-state index in [1.54, 1.807) is 0 Å². The van der Waals surface area contributed by atoms with Gasteiger partial charge in [-0.3, -0.25) is 14.4 Å². The van der Waals surface area contributed by atoms with Crippen LogP contribution in [0, 0.1) is 0 Å². The highest BCUT2D eigenvalue weighted by atomic mass is 16.6. The number of esters is 3. The summed E-state index contributed by atoms with van der Waals surface area (Å²) >= 11 is 0. The van der Waals surface area contributed by atoms with E-state index in [-0.39, 0.29) is 31.1 Å². The Bertz CT molecular complexity index is 870. The van der Waals surface area contributed by atoms with Gasteiger partial charge < -0.3 is 14.2 Å². The molecular formula is C50H94O6. The Kier molecular flexibility index (Phi) is 44.3. The van der Waals surface area contributed by atoms with Gasteiger partial charge in [-0.2, -0.15) is 0 Å². The van der Waals surface area contributed by atoms with E-state index in [0.717, 1.165) is 64.2 Å². The highest BCUT2D eigenvalue weighted by Gasteiger charge is 2.19. The van der Waals surface area contributed by atoms with Gasteiger partial charge in [-0.25, -0.2) is 0 Å². The third kappa shape index (κ3) is 43.3. The van der Waals surface area contributed by atoms with Crippen molar-refractivity contribution in [3.8, 4) is 0 Å². The molecule has 0 radical (unpaired) electrons. The molecule has 0 saturated heterocycles. The zero-order valence-corrected chi connectivity index (χ0v) is 37.7. The van der Waals surface area contributed by atoms with Crippen LogP contribution in [0.1, 0.15) is 271 Å². The Labute approximate surface area is 348 Å². The zero-order chi connectivity index (χ0) is 40.8. The fourth-order valence-electron chi connectivity index (χ4n) is 7.26. The molecule has 0 bridgehead atoms. The molecule has 0 aliphatic heterocycles. The van der Waals surface area contributed by atoms with Gasteiger partial charge >= 0.3 is 17.9 Å². The van der Waals surface area contributed by atoms with Gasteiger partial charge in [0.15, 0.2) is 6.10 Å². The Balaban J connectivity index is 4.33. The highest BCUT2D eigenvalue weighted by molar-refractivity contribution is 5.71. The van der Waals surface area contributed by atoms with Gasteiger partial charge in [0.25, 0.3) is 0 Å². The smallest absolute Gasteiger partial charge is 0.306 e. The van der Waals surface area contributed by atoms with Crippen LogP contribution in [-0.2, 0) is 28.6 Å². The first-order valence-corrected chi connectivity index (χ1v) is 24.7. The van der Waals surface area contributed by atoms with Gasteiger partial charge in [0.05, 0.1) is 0 Å². The summed E-state index contributed by atoms with van der Waals surface area (Å²) in [6.07, 6.45) is 49.0. The molecule has 0 aliphatic rings. The van der Waals surface area contributed by atoms with E-state index >= 15 is 0 Å². The molecule has 0 spiro atoms. The number of hydrogen-bond acceptors (Lipinski definition) is 6. The minimum atomic E-state index is -0.765. The van der Waals surface area contributed by atoms with Crippen LogP contribution in [0.2, 0.25) is 0 Å². The van der Waals surface area contributed by atoms with Crippen LogP contribution in [0.3, 0.4) is 0 Å². The predicted molar refractivity (Wildman–Crippen MR) is 238 cm³/mol. The lowest BCUT2D eigenvalue weighted by atomic mass is 10.0. The molecule has 0 saturated carbocycles. The van der Waals surface area contributed by atoms with Crippen molar-refractivity contribution in [3.05, 3.63) is 12.2 Å². The largest absolute Gasteiger partial charge is 0.462 e. The van der Waals surface area contributed by atoms with E-state index in [4.69, 9.17) is 14.2 Å². The summed E-state index contributed by atoms with van der Waals surface area (Å²) in [5.41, 5.74) is 0. The SMILES string of the molecule is CCCCCCC/C=C\CCCCCCCC(=O)OC[C@@H](COC(=O)CCCCCCCCCCCC)OC(=O)CCCCCCCCCCCCCCCC. The van der Waals surface area contributed by atoms with E-state index in [1.165, 1.54) is 167 Å². The normalized spacial score (nSPS) is 12.0. The number of rotatable bonds is 45. The first-order valence-electron chi connectivity index (χ1n) is 24.7. The van der Waals surface area contributed by atoms with Crippen LogP contribution in [0.4, 0.5) is 0 Å². The second-order valence-electron chi connectivity index (χ2n) is 16.7. The third-order valence-electron chi connectivity index (χ3n) is 11.0. The second-order valence-corrected chi connectivity index (χ2v) is 16.7. The van der Waals surface area contributed by atoms with Crippen LogP contribution in [0.25, 0.3) is 0 Å². The molecule has 0 heterocycles. The lowest BCUT2D eigenvalue weighted by molar-refractivity contribution is -0.167. The van der Waals surface area contributed by atoms with Crippen molar-refractivity contribution < 1.29 is 28.6 Å². The lowest BCUT2D eigenvalue weighted by Gasteiger charge is -2.18. The number of allylic oxidation sites excluding steroid dienone is 2. The molecule has 0 aliphatic carbocycles. The molecule has 56 heavy (non-hydrogen) atoms. The van der Waals surface area contributed by atoms with E-state index in [0.29, 0.717) is 19.3 Å².